The second-order valence-electron chi connectivity index (χ2n) is 5.12. The number of nitrogens with one attached hydrogen (secondary N) is 2. The van der Waals surface area contributed by atoms with Crippen molar-refractivity contribution >= 4 is 17.2 Å². The van der Waals surface area contributed by atoms with E-state index < -0.39 is 0 Å². The molecule has 18 heavy (non-hydrogen) atoms. The van der Waals surface area contributed by atoms with E-state index in [2.05, 4.69) is 35.9 Å². The molecule has 3 nitrogen and oxygen atoms in total. The van der Waals surface area contributed by atoms with E-state index in [1.165, 1.54) is 10.4 Å². The Hall–Kier alpha value is -0.870. The van der Waals surface area contributed by atoms with Crippen LogP contribution in [0.5, 0.6) is 0 Å². The first-order chi connectivity index (χ1) is 8.68. The Morgan fingerprint density at radius 3 is 3.00 bits per heavy atom. The fourth-order valence-electron chi connectivity index (χ4n) is 2.56. The summed E-state index contributed by atoms with van der Waals surface area (Å²) >= 11 is 1.71. The summed E-state index contributed by atoms with van der Waals surface area (Å²) in [5.74, 6) is 0.213. The smallest absolute Gasteiger partial charge is 0.227 e. The molecule has 1 atom stereocenters. The maximum absolute atomic E-state index is 12.4. The van der Waals surface area contributed by atoms with E-state index in [1.807, 2.05) is 0 Å². The minimum absolute atomic E-state index is 0.191. The zero-order valence-electron chi connectivity index (χ0n) is 11.2. The normalized spacial score (nSPS) is 23.9. The van der Waals surface area contributed by atoms with Gasteiger partial charge in [-0.2, -0.15) is 0 Å². The van der Waals surface area contributed by atoms with Gasteiger partial charge in [-0.15, -0.1) is 11.3 Å². The van der Waals surface area contributed by atoms with E-state index in [4.69, 9.17) is 0 Å². The molecule has 1 fully saturated rings. The van der Waals surface area contributed by atoms with E-state index in [0.717, 1.165) is 32.4 Å². The van der Waals surface area contributed by atoms with Gasteiger partial charge in [-0.3, -0.25) is 4.79 Å². The Morgan fingerprint density at radius 2 is 2.44 bits per heavy atom. The Labute approximate surface area is 113 Å². The Bertz CT molecular complexity index is 408. The molecule has 1 aromatic heterocycles. The van der Waals surface area contributed by atoms with Gasteiger partial charge >= 0.3 is 0 Å². The van der Waals surface area contributed by atoms with E-state index in [0.29, 0.717) is 6.54 Å². The molecule has 1 amide bonds. The SMILES string of the molecule is CCC1(C(=O)NCc2sccc2C)CCCNC1. The van der Waals surface area contributed by atoms with Crippen LogP contribution in [0.1, 0.15) is 36.6 Å². The third-order valence-electron chi connectivity index (χ3n) is 4.01. The van der Waals surface area contributed by atoms with Crippen molar-refractivity contribution in [2.24, 2.45) is 5.41 Å². The van der Waals surface area contributed by atoms with Gasteiger partial charge in [-0.25, -0.2) is 0 Å². The summed E-state index contributed by atoms with van der Waals surface area (Å²) in [6.07, 6.45) is 3.01. The average Bonchev–Trinajstić information content (AvgIpc) is 2.82. The van der Waals surface area contributed by atoms with Crippen molar-refractivity contribution in [1.29, 1.82) is 0 Å². The van der Waals surface area contributed by atoms with Crippen LogP contribution in [0.4, 0.5) is 0 Å². The first-order valence-electron chi connectivity index (χ1n) is 6.70. The van der Waals surface area contributed by atoms with E-state index in [-0.39, 0.29) is 11.3 Å². The Kier molecular flexibility index (Phi) is 4.40. The zero-order valence-corrected chi connectivity index (χ0v) is 12.0. The highest BCUT2D eigenvalue weighted by Crippen LogP contribution is 2.30. The molecule has 2 heterocycles. The van der Waals surface area contributed by atoms with Gasteiger partial charge in [0.05, 0.1) is 12.0 Å². The molecule has 0 spiro atoms. The third kappa shape index (κ3) is 2.75. The molecule has 1 unspecified atom stereocenters. The van der Waals surface area contributed by atoms with E-state index in [1.54, 1.807) is 11.3 Å². The van der Waals surface area contributed by atoms with Gasteiger partial charge in [-0.1, -0.05) is 6.92 Å². The number of hydrogen-bond acceptors (Lipinski definition) is 3. The average molecular weight is 266 g/mol. The summed E-state index contributed by atoms with van der Waals surface area (Å²) in [5, 5.41) is 8.55. The third-order valence-corrected chi connectivity index (χ3v) is 5.03. The lowest BCUT2D eigenvalue weighted by atomic mass is 9.77. The summed E-state index contributed by atoms with van der Waals surface area (Å²) in [6, 6.07) is 2.10. The number of aryl methyl sites for hydroxylation is 1. The van der Waals surface area contributed by atoms with Crippen LogP contribution in [0.2, 0.25) is 0 Å². The van der Waals surface area contributed by atoms with Crippen molar-refractivity contribution in [2.75, 3.05) is 13.1 Å². The predicted octanol–water partition coefficient (Wildman–Crippen LogP) is 2.45. The summed E-state index contributed by atoms with van der Waals surface area (Å²) in [6.45, 7) is 6.74. The largest absolute Gasteiger partial charge is 0.351 e. The molecule has 0 bridgehead atoms. The van der Waals surface area contributed by atoms with Gasteiger partial charge < -0.3 is 10.6 Å². The first-order valence-corrected chi connectivity index (χ1v) is 7.58. The van der Waals surface area contributed by atoms with Crippen LogP contribution in [-0.4, -0.2) is 19.0 Å². The minimum Gasteiger partial charge on any atom is -0.351 e. The van der Waals surface area contributed by atoms with Crippen LogP contribution >= 0.6 is 11.3 Å². The lowest BCUT2D eigenvalue weighted by molar-refractivity contribution is -0.132. The van der Waals surface area contributed by atoms with Crippen molar-refractivity contribution in [3.63, 3.8) is 0 Å². The van der Waals surface area contributed by atoms with Crippen molar-refractivity contribution in [1.82, 2.24) is 10.6 Å². The zero-order chi connectivity index (χ0) is 13.0. The molecular formula is C14H22N2OS. The highest BCUT2D eigenvalue weighted by atomic mass is 32.1. The van der Waals surface area contributed by atoms with Crippen LogP contribution in [-0.2, 0) is 11.3 Å². The van der Waals surface area contributed by atoms with Crippen LogP contribution in [0, 0.1) is 12.3 Å². The molecule has 0 saturated carbocycles. The highest BCUT2D eigenvalue weighted by molar-refractivity contribution is 7.10. The molecule has 0 aromatic carbocycles. The number of thiophene rings is 1. The van der Waals surface area contributed by atoms with Crippen molar-refractivity contribution in [2.45, 2.75) is 39.7 Å². The summed E-state index contributed by atoms with van der Waals surface area (Å²) in [5.41, 5.74) is 1.08. The van der Waals surface area contributed by atoms with Gasteiger partial charge in [-0.05, 0) is 49.7 Å². The topological polar surface area (TPSA) is 41.1 Å². The van der Waals surface area contributed by atoms with Gasteiger partial charge in [0.2, 0.25) is 5.91 Å². The molecule has 0 aliphatic carbocycles. The molecule has 1 aliphatic heterocycles. The lowest BCUT2D eigenvalue weighted by Gasteiger charge is -2.35. The van der Waals surface area contributed by atoms with Crippen molar-refractivity contribution in [3.05, 3.63) is 21.9 Å². The van der Waals surface area contributed by atoms with E-state index >= 15 is 0 Å². The Balaban J connectivity index is 1.96. The molecule has 100 valence electrons. The van der Waals surface area contributed by atoms with Crippen LogP contribution in [0.3, 0.4) is 0 Å². The maximum Gasteiger partial charge on any atom is 0.227 e. The molecule has 2 N–H and O–H groups in total. The lowest BCUT2D eigenvalue weighted by Crippen LogP contribution is -2.49. The molecule has 2 rings (SSSR count). The fourth-order valence-corrected chi connectivity index (χ4v) is 3.40. The van der Waals surface area contributed by atoms with Crippen LogP contribution in [0.25, 0.3) is 0 Å². The second-order valence-corrected chi connectivity index (χ2v) is 6.12. The van der Waals surface area contributed by atoms with Crippen molar-refractivity contribution in [3.8, 4) is 0 Å². The molecule has 1 saturated heterocycles. The summed E-state index contributed by atoms with van der Waals surface area (Å²) in [7, 11) is 0. The molecule has 1 aromatic rings. The molecule has 4 heteroatoms. The number of piperidine rings is 1. The summed E-state index contributed by atoms with van der Waals surface area (Å²) < 4.78 is 0. The number of amides is 1. The quantitative estimate of drug-likeness (QED) is 0.879. The number of carbonyl (C=O) groups is 1. The van der Waals surface area contributed by atoms with Crippen molar-refractivity contribution < 1.29 is 4.79 Å². The van der Waals surface area contributed by atoms with Gasteiger partial charge in [0.25, 0.3) is 0 Å². The molecular weight excluding hydrogens is 244 g/mol. The van der Waals surface area contributed by atoms with Gasteiger partial charge in [0.15, 0.2) is 0 Å². The first kappa shape index (κ1) is 13.6. The fraction of sp³-hybridized carbons (Fsp3) is 0.643. The summed E-state index contributed by atoms with van der Waals surface area (Å²) in [4.78, 5) is 13.7. The van der Waals surface area contributed by atoms with Gasteiger partial charge in [0, 0.05) is 11.4 Å². The number of hydrogen-bond donors (Lipinski definition) is 2. The predicted molar refractivity (Wildman–Crippen MR) is 75.7 cm³/mol. The Morgan fingerprint density at radius 1 is 1.61 bits per heavy atom. The maximum atomic E-state index is 12.4. The molecule has 1 aliphatic rings. The standard InChI is InChI=1S/C14H22N2OS/c1-3-14(6-4-7-15-10-14)13(17)16-9-12-11(2)5-8-18-12/h5,8,15H,3-4,6-7,9-10H2,1-2H3,(H,16,17). The molecule has 0 radical (unpaired) electrons. The van der Waals surface area contributed by atoms with Gasteiger partial charge in [0.1, 0.15) is 0 Å². The minimum atomic E-state index is -0.191. The monoisotopic (exact) mass is 266 g/mol. The van der Waals surface area contributed by atoms with Crippen LogP contribution in [0.15, 0.2) is 11.4 Å². The highest BCUT2D eigenvalue weighted by Gasteiger charge is 2.37. The number of carbonyl (C=O) groups excluding carboxylic acids is 1. The van der Waals surface area contributed by atoms with Crippen LogP contribution < -0.4 is 10.6 Å². The van der Waals surface area contributed by atoms with E-state index in [9.17, 15) is 4.79 Å². The second kappa shape index (κ2) is 5.85. The number of rotatable bonds is 4.